The molecule has 0 saturated heterocycles. The van der Waals surface area contributed by atoms with Crippen molar-refractivity contribution in [2.45, 2.75) is 52.0 Å². The van der Waals surface area contributed by atoms with Crippen molar-refractivity contribution in [1.82, 2.24) is 5.23 Å². The molecule has 0 spiro atoms. The van der Waals surface area contributed by atoms with E-state index in [0.29, 0.717) is 5.23 Å². The zero-order chi connectivity index (χ0) is 8.69. The highest BCUT2D eigenvalue weighted by atomic mass is 19.2. The molecule has 0 radical (unpaired) electrons. The number of nitrogens with zero attached hydrogens (tertiary/aromatic N) is 1. The van der Waals surface area contributed by atoms with Gasteiger partial charge in [-0.2, -0.15) is 0 Å². The molecule has 11 heavy (non-hydrogen) atoms. The molecule has 0 rings (SSSR count). The summed E-state index contributed by atoms with van der Waals surface area (Å²) < 4.78 is 12.2. The summed E-state index contributed by atoms with van der Waals surface area (Å²) in [4.78, 5) is 0. The van der Waals surface area contributed by atoms with Gasteiger partial charge in [0, 0.05) is 0 Å². The van der Waals surface area contributed by atoms with Crippen LogP contribution in [-0.4, -0.2) is 11.3 Å². The summed E-state index contributed by atoms with van der Waals surface area (Å²) in [5, 5.41) is 0.298. The molecule has 0 heterocycles. The first-order chi connectivity index (χ1) is 5.18. The Morgan fingerprint density at radius 3 is 2.45 bits per heavy atom. The Morgan fingerprint density at radius 2 is 2.00 bits per heavy atom. The lowest BCUT2D eigenvalue weighted by molar-refractivity contribution is -0.0202. The van der Waals surface area contributed by atoms with E-state index >= 15 is 0 Å². The highest BCUT2D eigenvalue weighted by molar-refractivity contribution is 4.54. The number of hydrazine groups is 1. The van der Waals surface area contributed by atoms with Gasteiger partial charge in [-0.15, -0.1) is 4.48 Å². The topological polar surface area (TPSA) is 29.3 Å². The molecule has 0 fully saturated rings. The van der Waals surface area contributed by atoms with Gasteiger partial charge in [-0.05, 0) is 13.3 Å². The van der Waals surface area contributed by atoms with Gasteiger partial charge in [-0.1, -0.05) is 37.8 Å². The Hall–Kier alpha value is -0.150. The number of halogens is 1. The minimum absolute atomic E-state index is 0.133. The van der Waals surface area contributed by atoms with E-state index in [-0.39, 0.29) is 6.04 Å². The molecule has 1 atom stereocenters. The van der Waals surface area contributed by atoms with Crippen LogP contribution in [0.1, 0.15) is 46.0 Å². The molecular formula is C8H19FN2. The first kappa shape index (κ1) is 10.8. The lowest BCUT2D eigenvalue weighted by atomic mass is 10.1. The van der Waals surface area contributed by atoms with Gasteiger partial charge in [0.05, 0.1) is 6.04 Å². The lowest BCUT2D eigenvalue weighted by Gasteiger charge is -2.13. The normalized spacial score (nSPS) is 13.9. The van der Waals surface area contributed by atoms with Crippen molar-refractivity contribution in [2.24, 2.45) is 5.84 Å². The van der Waals surface area contributed by atoms with E-state index in [4.69, 9.17) is 5.84 Å². The van der Waals surface area contributed by atoms with Crippen molar-refractivity contribution in [2.75, 3.05) is 0 Å². The van der Waals surface area contributed by atoms with E-state index in [1.165, 1.54) is 19.3 Å². The molecule has 0 amide bonds. The van der Waals surface area contributed by atoms with Crippen molar-refractivity contribution in [3.8, 4) is 0 Å². The van der Waals surface area contributed by atoms with Crippen LogP contribution in [0.15, 0.2) is 0 Å². The quantitative estimate of drug-likeness (QED) is 0.281. The van der Waals surface area contributed by atoms with Gasteiger partial charge in [-0.3, -0.25) is 0 Å². The fourth-order valence-electron chi connectivity index (χ4n) is 0.990. The van der Waals surface area contributed by atoms with Crippen molar-refractivity contribution >= 4 is 0 Å². The number of nitrogens with two attached hydrogens (primary N) is 1. The van der Waals surface area contributed by atoms with Gasteiger partial charge < -0.3 is 0 Å². The number of hydrogen-bond donors (Lipinski definition) is 1. The third-order valence-electron chi connectivity index (χ3n) is 1.90. The fraction of sp³-hybridized carbons (Fsp3) is 1.00. The third-order valence-corrected chi connectivity index (χ3v) is 1.90. The maximum Gasteiger partial charge on any atom is 0.0533 e. The van der Waals surface area contributed by atoms with Crippen LogP contribution in [0.3, 0.4) is 0 Å². The standard InChI is InChI=1S/C8H19FN2/c1-3-4-5-6-7-8(2)11(9)10/h8H,3-7,10H2,1-2H3. The molecule has 0 aliphatic heterocycles. The lowest BCUT2D eigenvalue weighted by Crippen LogP contribution is -2.31. The Bertz CT molecular complexity index is 86.2. The van der Waals surface area contributed by atoms with E-state index in [1.54, 1.807) is 6.92 Å². The molecule has 68 valence electrons. The van der Waals surface area contributed by atoms with Gasteiger partial charge in [0.2, 0.25) is 0 Å². The van der Waals surface area contributed by atoms with E-state index in [0.717, 1.165) is 12.8 Å². The van der Waals surface area contributed by atoms with E-state index in [2.05, 4.69) is 6.92 Å². The average molecular weight is 162 g/mol. The summed E-state index contributed by atoms with van der Waals surface area (Å²) >= 11 is 0. The SMILES string of the molecule is CCCCCCC(C)N(N)F. The number of hydrogen-bond acceptors (Lipinski definition) is 2. The van der Waals surface area contributed by atoms with Crippen molar-refractivity contribution < 1.29 is 4.48 Å². The summed E-state index contributed by atoms with van der Waals surface area (Å²) in [7, 11) is 0. The van der Waals surface area contributed by atoms with Crippen LogP contribution in [-0.2, 0) is 0 Å². The molecule has 0 aromatic heterocycles. The van der Waals surface area contributed by atoms with Crippen molar-refractivity contribution in [3.63, 3.8) is 0 Å². The molecule has 0 aliphatic carbocycles. The minimum atomic E-state index is -0.133. The first-order valence-electron chi connectivity index (χ1n) is 4.38. The molecule has 0 aromatic rings. The van der Waals surface area contributed by atoms with Gasteiger partial charge in [-0.25, -0.2) is 5.84 Å². The van der Waals surface area contributed by atoms with Crippen LogP contribution in [0.5, 0.6) is 0 Å². The van der Waals surface area contributed by atoms with Crippen LogP contribution in [0.2, 0.25) is 0 Å². The summed E-state index contributed by atoms with van der Waals surface area (Å²) in [6, 6.07) is -0.133. The summed E-state index contributed by atoms with van der Waals surface area (Å²) in [6.45, 7) is 3.96. The first-order valence-corrected chi connectivity index (χ1v) is 4.38. The van der Waals surface area contributed by atoms with Crippen LogP contribution in [0, 0.1) is 0 Å². The van der Waals surface area contributed by atoms with Crippen molar-refractivity contribution in [3.05, 3.63) is 0 Å². The number of rotatable bonds is 6. The predicted molar refractivity (Wildman–Crippen MR) is 45.4 cm³/mol. The summed E-state index contributed by atoms with van der Waals surface area (Å²) in [5.74, 6) is 4.92. The molecule has 3 heteroatoms. The monoisotopic (exact) mass is 162 g/mol. The molecule has 0 aliphatic rings. The Kier molecular flexibility index (Phi) is 6.46. The molecule has 0 bridgehead atoms. The Labute approximate surface area is 68.5 Å². The van der Waals surface area contributed by atoms with Crippen molar-refractivity contribution in [1.29, 1.82) is 0 Å². The summed E-state index contributed by atoms with van der Waals surface area (Å²) in [6.07, 6.45) is 5.58. The maximum absolute atomic E-state index is 12.2. The molecule has 0 saturated carbocycles. The van der Waals surface area contributed by atoms with Crippen LogP contribution >= 0.6 is 0 Å². The van der Waals surface area contributed by atoms with E-state index in [9.17, 15) is 4.48 Å². The molecule has 2 N–H and O–H groups in total. The zero-order valence-electron chi connectivity index (χ0n) is 7.52. The van der Waals surface area contributed by atoms with Gasteiger partial charge in [0.25, 0.3) is 0 Å². The van der Waals surface area contributed by atoms with Crippen LogP contribution < -0.4 is 5.84 Å². The maximum atomic E-state index is 12.2. The fourth-order valence-corrected chi connectivity index (χ4v) is 0.990. The number of unbranched alkanes of at least 4 members (excludes halogenated alkanes) is 3. The third kappa shape index (κ3) is 6.26. The highest BCUT2D eigenvalue weighted by Crippen LogP contribution is 2.07. The minimum Gasteiger partial charge on any atom is -0.241 e. The average Bonchev–Trinajstić information content (AvgIpc) is 1.97. The van der Waals surface area contributed by atoms with Crippen LogP contribution in [0.4, 0.5) is 4.48 Å². The molecule has 0 aromatic carbocycles. The zero-order valence-corrected chi connectivity index (χ0v) is 7.52. The molecular weight excluding hydrogens is 143 g/mol. The van der Waals surface area contributed by atoms with Gasteiger partial charge >= 0.3 is 0 Å². The second kappa shape index (κ2) is 6.55. The van der Waals surface area contributed by atoms with Gasteiger partial charge in [0.1, 0.15) is 0 Å². The predicted octanol–water partition coefficient (Wildman–Crippen LogP) is 2.41. The highest BCUT2D eigenvalue weighted by Gasteiger charge is 2.06. The molecule has 1 unspecified atom stereocenters. The molecule has 2 nitrogen and oxygen atoms in total. The largest absolute Gasteiger partial charge is 0.241 e. The van der Waals surface area contributed by atoms with Gasteiger partial charge in [0.15, 0.2) is 0 Å². The second-order valence-corrected chi connectivity index (χ2v) is 3.04. The Balaban J connectivity index is 3.10. The van der Waals surface area contributed by atoms with E-state index in [1.807, 2.05) is 0 Å². The smallest absolute Gasteiger partial charge is 0.0533 e. The Morgan fingerprint density at radius 1 is 1.36 bits per heavy atom. The second-order valence-electron chi connectivity index (χ2n) is 3.04. The van der Waals surface area contributed by atoms with E-state index < -0.39 is 0 Å². The van der Waals surface area contributed by atoms with Crippen LogP contribution in [0.25, 0.3) is 0 Å². The summed E-state index contributed by atoms with van der Waals surface area (Å²) in [5.41, 5.74) is 0.